The maximum absolute atomic E-state index is 13.7. The number of alkyl halides is 2. The molecule has 0 radical (unpaired) electrons. The molecule has 0 bridgehead atoms. The number of aromatic nitrogens is 3. The summed E-state index contributed by atoms with van der Waals surface area (Å²) in [6, 6.07) is 8.76. The third-order valence-corrected chi connectivity index (χ3v) is 9.01. The minimum absolute atomic E-state index is 0.0157. The second kappa shape index (κ2) is 9.11. The van der Waals surface area contributed by atoms with E-state index in [1.165, 1.54) is 11.4 Å². The average molecular weight is 518 g/mol. The molecule has 11 heteroatoms. The number of nitrogens with one attached hydrogen (secondary N) is 1. The number of rotatable bonds is 9. The lowest BCUT2D eigenvalue weighted by Gasteiger charge is -2.20. The highest BCUT2D eigenvalue weighted by Crippen LogP contribution is 2.62. The summed E-state index contributed by atoms with van der Waals surface area (Å²) in [5.74, 6) is -1.60. The standard InChI is InChI=1S/C25H29F2N5O3S/c1-31-14-22(30-15-31)17-8-23(36(33,34)32(2)13-16-4-6-18(35-3)7-5-16)24(28-11-17)29-12-21-19-9-25(26,27)10-20(19)21/h4-8,11,14-15,19-21H,9-10,12-13H2,1-3H3,(H,28,29). The normalized spacial score (nSPS) is 22.4. The maximum atomic E-state index is 13.7. The second-order valence-electron chi connectivity index (χ2n) is 9.74. The molecular formula is C25H29F2N5O3S. The Morgan fingerprint density at radius 2 is 1.89 bits per heavy atom. The number of methoxy groups -OCH3 is 1. The Bertz CT molecular complexity index is 1350. The predicted molar refractivity (Wildman–Crippen MR) is 131 cm³/mol. The Morgan fingerprint density at radius 3 is 2.50 bits per heavy atom. The Labute approximate surface area is 209 Å². The summed E-state index contributed by atoms with van der Waals surface area (Å²) < 4.78 is 62.8. The minimum Gasteiger partial charge on any atom is -0.497 e. The van der Waals surface area contributed by atoms with Gasteiger partial charge in [-0.3, -0.25) is 0 Å². The molecule has 5 rings (SSSR count). The van der Waals surface area contributed by atoms with Crippen LogP contribution in [-0.2, 0) is 23.6 Å². The van der Waals surface area contributed by atoms with Gasteiger partial charge in [0.05, 0.1) is 19.1 Å². The van der Waals surface area contributed by atoms with Crippen LogP contribution >= 0.6 is 0 Å². The van der Waals surface area contributed by atoms with Crippen molar-refractivity contribution in [2.45, 2.75) is 30.2 Å². The molecule has 2 aliphatic rings. The summed E-state index contributed by atoms with van der Waals surface area (Å²) in [7, 11) is 0.970. The summed E-state index contributed by atoms with van der Waals surface area (Å²) >= 11 is 0. The molecule has 2 aromatic heterocycles. The number of ether oxygens (including phenoxy) is 1. The molecule has 0 aliphatic heterocycles. The van der Waals surface area contributed by atoms with E-state index < -0.39 is 15.9 Å². The summed E-state index contributed by atoms with van der Waals surface area (Å²) in [6.07, 6.45) is 4.81. The van der Waals surface area contributed by atoms with Gasteiger partial charge < -0.3 is 14.6 Å². The fourth-order valence-electron chi connectivity index (χ4n) is 5.14. The molecule has 0 saturated heterocycles. The molecule has 2 atom stereocenters. The quantitative estimate of drug-likeness (QED) is 0.461. The Balaban J connectivity index is 1.40. The number of imidazole rings is 1. The first-order chi connectivity index (χ1) is 17.1. The molecule has 2 unspecified atom stereocenters. The van der Waals surface area contributed by atoms with Crippen molar-refractivity contribution < 1.29 is 21.9 Å². The van der Waals surface area contributed by atoms with Gasteiger partial charge in [-0.1, -0.05) is 12.1 Å². The molecule has 2 aliphatic carbocycles. The van der Waals surface area contributed by atoms with Crippen molar-refractivity contribution in [1.29, 1.82) is 0 Å². The number of benzene rings is 1. The van der Waals surface area contributed by atoms with Gasteiger partial charge in [0.1, 0.15) is 16.5 Å². The smallest absolute Gasteiger partial charge is 0.248 e. The van der Waals surface area contributed by atoms with E-state index in [0.717, 1.165) is 5.56 Å². The molecule has 192 valence electrons. The van der Waals surface area contributed by atoms with Gasteiger partial charge in [-0.05, 0) is 41.5 Å². The van der Waals surface area contributed by atoms with Gasteiger partial charge in [0.15, 0.2) is 0 Å². The highest BCUT2D eigenvalue weighted by atomic mass is 32.2. The van der Waals surface area contributed by atoms with Crippen molar-refractivity contribution in [3.05, 3.63) is 54.6 Å². The first-order valence-electron chi connectivity index (χ1n) is 11.8. The van der Waals surface area contributed by atoms with Gasteiger partial charge in [0, 0.05) is 58.0 Å². The molecule has 2 fully saturated rings. The van der Waals surface area contributed by atoms with Crippen LogP contribution in [0.3, 0.4) is 0 Å². The van der Waals surface area contributed by atoms with Gasteiger partial charge in [-0.25, -0.2) is 27.2 Å². The Morgan fingerprint density at radius 1 is 1.19 bits per heavy atom. The van der Waals surface area contributed by atoms with Crippen LogP contribution in [0.25, 0.3) is 11.3 Å². The van der Waals surface area contributed by atoms with E-state index in [1.54, 1.807) is 48.6 Å². The highest BCUT2D eigenvalue weighted by molar-refractivity contribution is 7.89. The van der Waals surface area contributed by atoms with Crippen LogP contribution < -0.4 is 10.1 Å². The highest BCUT2D eigenvalue weighted by Gasteiger charge is 2.62. The molecule has 0 amide bonds. The summed E-state index contributed by atoms with van der Waals surface area (Å²) in [5.41, 5.74) is 1.97. The summed E-state index contributed by atoms with van der Waals surface area (Å²) in [6.45, 7) is 0.563. The van der Waals surface area contributed by atoms with Gasteiger partial charge in [0.25, 0.3) is 0 Å². The van der Waals surface area contributed by atoms with Crippen LogP contribution in [0.2, 0.25) is 0 Å². The summed E-state index contributed by atoms with van der Waals surface area (Å²) in [5, 5.41) is 3.15. The summed E-state index contributed by atoms with van der Waals surface area (Å²) in [4.78, 5) is 8.78. The van der Waals surface area contributed by atoms with Crippen LogP contribution in [0, 0.1) is 17.8 Å². The average Bonchev–Trinajstić information content (AvgIpc) is 3.13. The van der Waals surface area contributed by atoms with Crippen molar-refractivity contribution in [3.8, 4) is 17.0 Å². The number of fused-ring (bicyclic) bond motifs is 1. The van der Waals surface area contributed by atoms with E-state index in [1.807, 2.05) is 19.2 Å². The zero-order chi connectivity index (χ0) is 25.7. The first kappa shape index (κ1) is 24.6. The Kier molecular flexibility index (Phi) is 6.24. The van der Waals surface area contributed by atoms with E-state index >= 15 is 0 Å². The lowest BCUT2D eigenvalue weighted by atomic mass is 10.1. The van der Waals surface area contributed by atoms with Gasteiger partial charge in [-0.15, -0.1) is 0 Å². The van der Waals surface area contributed by atoms with E-state index in [0.29, 0.717) is 23.6 Å². The van der Waals surface area contributed by atoms with Crippen molar-refractivity contribution in [2.24, 2.45) is 24.8 Å². The fraction of sp³-hybridized carbons (Fsp3) is 0.440. The number of hydrogen-bond acceptors (Lipinski definition) is 6. The third kappa shape index (κ3) is 4.81. The van der Waals surface area contributed by atoms with Crippen molar-refractivity contribution in [3.63, 3.8) is 0 Å². The number of nitrogens with zero attached hydrogens (tertiary/aromatic N) is 4. The molecule has 1 aromatic carbocycles. The van der Waals surface area contributed by atoms with Gasteiger partial charge in [-0.2, -0.15) is 4.31 Å². The third-order valence-electron chi connectivity index (χ3n) is 7.19. The molecule has 2 heterocycles. The van der Waals surface area contributed by atoms with Crippen molar-refractivity contribution in [2.75, 3.05) is 26.0 Å². The number of aryl methyl sites for hydroxylation is 1. The van der Waals surface area contributed by atoms with Gasteiger partial charge in [0.2, 0.25) is 15.9 Å². The van der Waals surface area contributed by atoms with Crippen LogP contribution in [0.4, 0.5) is 14.6 Å². The topological polar surface area (TPSA) is 89.4 Å². The predicted octanol–water partition coefficient (Wildman–Crippen LogP) is 4.01. The lowest BCUT2D eigenvalue weighted by Crippen LogP contribution is -2.28. The molecule has 3 aromatic rings. The van der Waals surface area contributed by atoms with Crippen LogP contribution in [0.1, 0.15) is 18.4 Å². The maximum Gasteiger partial charge on any atom is 0.248 e. The van der Waals surface area contributed by atoms with E-state index in [2.05, 4.69) is 15.3 Å². The number of halogens is 2. The zero-order valence-corrected chi connectivity index (χ0v) is 21.2. The lowest BCUT2D eigenvalue weighted by molar-refractivity contribution is -0.00770. The molecule has 36 heavy (non-hydrogen) atoms. The SMILES string of the molecule is COc1ccc(CN(C)S(=O)(=O)c2cc(-c3cn(C)cn3)cnc2NCC2C3CC(F)(F)CC23)cc1. The van der Waals surface area contributed by atoms with Crippen LogP contribution in [0.15, 0.2) is 53.9 Å². The molecule has 8 nitrogen and oxygen atoms in total. The number of hydrogen-bond donors (Lipinski definition) is 1. The number of anilines is 1. The minimum atomic E-state index is -3.95. The van der Waals surface area contributed by atoms with E-state index in [9.17, 15) is 17.2 Å². The van der Waals surface area contributed by atoms with Gasteiger partial charge >= 0.3 is 0 Å². The van der Waals surface area contributed by atoms with Crippen LogP contribution in [0.5, 0.6) is 5.75 Å². The number of sulfonamides is 1. The molecular weight excluding hydrogens is 488 g/mol. The first-order valence-corrected chi connectivity index (χ1v) is 13.2. The second-order valence-corrected chi connectivity index (χ2v) is 11.8. The van der Waals surface area contributed by atoms with Crippen LogP contribution in [-0.4, -0.2) is 53.9 Å². The monoisotopic (exact) mass is 517 g/mol. The van der Waals surface area contributed by atoms with E-state index in [-0.39, 0.29) is 47.9 Å². The molecule has 2 saturated carbocycles. The molecule has 1 N–H and O–H groups in total. The molecule has 0 spiro atoms. The zero-order valence-electron chi connectivity index (χ0n) is 20.4. The fourth-order valence-corrected chi connectivity index (χ4v) is 6.44. The number of pyridine rings is 1. The van der Waals surface area contributed by atoms with Crippen molar-refractivity contribution >= 4 is 15.8 Å². The van der Waals surface area contributed by atoms with E-state index in [4.69, 9.17) is 4.74 Å². The largest absolute Gasteiger partial charge is 0.497 e. The Hall–Kier alpha value is -3.05. The van der Waals surface area contributed by atoms with Crippen molar-refractivity contribution in [1.82, 2.24) is 18.8 Å².